The van der Waals surface area contributed by atoms with Gasteiger partial charge in [-0.3, -0.25) is 15.0 Å². The molecule has 3 aromatic rings. The lowest BCUT2D eigenvalue weighted by Crippen LogP contribution is -2.50. The van der Waals surface area contributed by atoms with E-state index in [1.165, 1.54) is 17.0 Å². The molecule has 1 aliphatic heterocycles. The van der Waals surface area contributed by atoms with Gasteiger partial charge in [0.1, 0.15) is 17.2 Å². The highest BCUT2D eigenvalue weighted by Crippen LogP contribution is 2.30. The molecule has 210 valence electrons. The van der Waals surface area contributed by atoms with Crippen molar-refractivity contribution < 1.29 is 14.5 Å². The van der Waals surface area contributed by atoms with Crippen molar-refractivity contribution in [3.05, 3.63) is 57.8 Å². The van der Waals surface area contributed by atoms with Gasteiger partial charge in [0, 0.05) is 41.9 Å². The van der Waals surface area contributed by atoms with E-state index in [0.717, 1.165) is 24.9 Å². The molecule has 2 N–H and O–H groups in total. The number of nitrogens with zero attached hydrogens (tertiary/aromatic N) is 5. The molecular weight excluding hydrogens is 498 g/mol. The number of fused-ring (bicyclic) bond motifs is 1. The summed E-state index contributed by atoms with van der Waals surface area (Å²) in [4.78, 5) is 30.9. The molecule has 0 saturated carbocycles. The first-order valence-corrected chi connectivity index (χ1v) is 13.4. The normalized spacial score (nSPS) is 17.3. The predicted molar refractivity (Wildman–Crippen MR) is 151 cm³/mol. The van der Waals surface area contributed by atoms with Crippen LogP contribution in [0, 0.1) is 10.1 Å². The van der Waals surface area contributed by atoms with E-state index >= 15 is 0 Å². The lowest BCUT2D eigenvalue weighted by atomic mass is 9.91. The van der Waals surface area contributed by atoms with E-state index in [2.05, 4.69) is 43.4 Å². The Labute approximate surface area is 229 Å². The number of non-ortho nitro benzene ring substituents is 1. The molecule has 3 heterocycles. The van der Waals surface area contributed by atoms with Gasteiger partial charge in [-0.1, -0.05) is 26.0 Å². The highest BCUT2D eigenvalue weighted by atomic mass is 16.6. The zero-order valence-electron chi connectivity index (χ0n) is 23.8. The molecule has 2 aromatic heterocycles. The number of piperidine rings is 1. The van der Waals surface area contributed by atoms with E-state index in [9.17, 15) is 14.9 Å². The number of nitro benzene ring substituents is 1. The maximum absolute atomic E-state index is 13.6. The molecule has 39 heavy (non-hydrogen) atoms. The van der Waals surface area contributed by atoms with Crippen molar-refractivity contribution in [2.45, 2.75) is 91.0 Å². The number of amides is 1. The fourth-order valence-corrected chi connectivity index (χ4v) is 4.60. The maximum atomic E-state index is 13.6. The van der Waals surface area contributed by atoms with Gasteiger partial charge in [0.25, 0.3) is 5.69 Å². The Morgan fingerprint density at radius 3 is 2.69 bits per heavy atom. The summed E-state index contributed by atoms with van der Waals surface area (Å²) in [5.41, 5.74) is 1.46. The molecule has 1 fully saturated rings. The first-order valence-electron chi connectivity index (χ1n) is 13.4. The number of ether oxygens (including phenoxy) is 1. The van der Waals surface area contributed by atoms with Crippen LogP contribution in [-0.4, -0.2) is 49.3 Å². The molecule has 1 aliphatic rings. The average molecular weight is 538 g/mol. The van der Waals surface area contributed by atoms with Crippen molar-refractivity contribution in [3.8, 4) is 0 Å². The third kappa shape index (κ3) is 6.83. The first kappa shape index (κ1) is 28.3. The van der Waals surface area contributed by atoms with E-state index in [1.807, 2.05) is 0 Å². The van der Waals surface area contributed by atoms with Crippen molar-refractivity contribution in [2.75, 3.05) is 16.8 Å². The van der Waals surface area contributed by atoms with Gasteiger partial charge < -0.3 is 15.4 Å². The number of benzene rings is 1. The van der Waals surface area contributed by atoms with Crippen molar-refractivity contribution >= 4 is 29.1 Å². The minimum Gasteiger partial charge on any atom is -0.443 e. The van der Waals surface area contributed by atoms with Crippen LogP contribution in [0.25, 0.3) is 5.65 Å². The summed E-state index contributed by atoms with van der Waals surface area (Å²) in [5.74, 6) is 1.24. The Bertz CT molecular complexity index is 1350. The minimum absolute atomic E-state index is 0.0468. The van der Waals surface area contributed by atoms with Gasteiger partial charge in [-0.25, -0.2) is 9.78 Å². The summed E-state index contributed by atoms with van der Waals surface area (Å²) < 4.78 is 7.42. The quantitative estimate of drug-likeness (QED) is 0.293. The second-order valence-corrected chi connectivity index (χ2v) is 12.1. The molecule has 0 spiro atoms. The van der Waals surface area contributed by atoms with Gasteiger partial charge in [-0.05, 0) is 58.9 Å². The second-order valence-electron chi connectivity index (χ2n) is 12.1. The molecule has 0 aliphatic carbocycles. The largest absolute Gasteiger partial charge is 0.443 e. The van der Waals surface area contributed by atoms with Gasteiger partial charge in [-0.2, -0.15) is 9.61 Å². The Balaban J connectivity index is 1.80. The van der Waals surface area contributed by atoms with Gasteiger partial charge >= 0.3 is 6.09 Å². The number of hydrogen-bond acceptors (Lipinski definition) is 8. The number of rotatable bonds is 7. The standard InChI is InChI=1S/C28H39N7O4/c1-18(2)22-16-30-34-24(14-23(32-25(22)34)31-20-11-12-28(6,7)29-15-20)33(26(36)39-27(3,4)5)17-19-9-8-10-21(13-19)35(37)38/h8-10,13-14,16,18,20,29H,11-12,15,17H2,1-7H3,(H,31,32)/t20-/m1/s1. The minimum atomic E-state index is -0.751. The van der Waals surface area contributed by atoms with Crippen molar-refractivity contribution in [1.29, 1.82) is 0 Å². The fourth-order valence-electron chi connectivity index (χ4n) is 4.60. The van der Waals surface area contributed by atoms with Gasteiger partial charge in [0.2, 0.25) is 0 Å². The smallest absolute Gasteiger partial charge is 0.416 e. The number of nitro groups is 1. The SMILES string of the molecule is CC(C)c1cnn2c(N(Cc3cccc([N+](=O)[O-])c3)C(=O)OC(C)(C)C)cc(N[C@@H]3CCC(C)(C)NC3)nc12. The molecule has 0 unspecified atom stereocenters. The molecule has 1 atom stereocenters. The highest BCUT2D eigenvalue weighted by molar-refractivity contribution is 5.88. The van der Waals surface area contributed by atoms with E-state index in [-0.39, 0.29) is 29.7 Å². The maximum Gasteiger partial charge on any atom is 0.416 e. The lowest BCUT2D eigenvalue weighted by Gasteiger charge is -2.36. The van der Waals surface area contributed by atoms with Crippen LogP contribution in [0.5, 0.6) is 0 Å². The van der Waals surface area contributed by atoms with Gasteiger partial charge in [-0.15, -0.1) is 0 Å². The van der Waals surface area contributed by atoms with Crippen LogP contribution in [0.3, 0.4) is 0 Å². The van der Waals surface area contributed by atoms with Crippen molar-refractivity contribution in [2.24, 2.45) is 0 Å². The molecule has 0 radical (unpaired) electrons. The fraction of sp³-hybridized carbons (Fsp3) is 0.536. The van der Waals surface area contributed by atoms with Gasteiger partial charge in [0.05, 0.1) is 17.7 Å². The zero-order valence-corrected chi connectivity index (χ0v) is 23.8. The summed E-state index contributed by atoms with van der Waals surface area (Å²) in [6.45, 7) is 14.8. The number of anilines is 2. The topological polar surface area (TPSA) is 127 Å². The Morgan fingerprint density at radius 1 is 1.33 bits per heavy atom. The van der Waals surface area contributed by atoms with Crippen LogP contribution in [0.2, 0.25) is 0 Å². The Kier molecular flexibility index (Phi) is 7.83. The zero-order chi connectivity index (χ0) is 28.5. The van der Waals surface area contributed by atoms with E-state index < -0.39 is 16.6 Å². The average Bonchev–Trinajstić information content (AvgIpc) is 3.27. The number of nitrogens with one attached hydrogen (secondary N) is 2. The molecular formula is C28H39N7O4. The van der Waals surface area contributed by atoms with Crippen LogP contribution in [-0.2, 0) is 11.3 Å². The molecule has 1 amide bonds. The van der Waals surface area contributed by atoms with Crippen molar-refractivity contribution in [1.82, 2.24) is 19.9 Å². The Hall–Kier alpha value is -3.73. The third-order valence-corrected chi connectivity index (χ3v) is 6.75. The van der Waals surface area contributed by atoms with Gasteiger partial charge in [0.15, 0.2) is 5.65 Å². The third-order valence-electron chi connectivity index (χ3n) is 6.75. The highest BCUT2D eigenvalue weighted by Gasteiger charge is 2.30. The van der Waals surface area contributed by atoms with E-state index in [1.54, 1.807) is 49.7 Å². The van der Waals surface area contributed by atoms with Crippen LogP contribution < -0.4 is 15.5 Å². The Morgan fingerprint density at radius 2 is 2.08 bits per heavy atom. The summed E-state index contributed by atoms with van der Waals surface area (Å²) in [5, 5.41) is 23.1. The lowest BCUT2D eigenvalue weighted by molar-refractivity contribution is -0.384. The second kappa shape index (κ2) is 10.8. The summed E-state index contributed by atoms with van der Waals surface area (Å²) >= 11 is 0. The molecule has 1 saturated heterocycles. The first-order chi connectivity index (χ1) is 18.2. The molecule has 1 aromatic carbocycles. The van der Waals surface area contributed by atoms with E-state index in [0.29, 0.717) is 22.8 Å². The molecule has 11 heteroatoms. The van der Waals surface area contributed by atoms with E-state index in [4.69, 9.17) is 9.72 Å². The number of carbonyl (C=O) groups excluding carboxylic acids is 1. The number of aromatic nitrogens is 3. The number of carbonyl (C=O) groups is 1. The van der Waals surface area contributed by atoms with Crippen LogP contribution in [0.1, 0.15) is 78.4 Å². The molecule has 4 rings (SSSR count). The van der Waals surface area contributed by atoms with Crippen LogP contribution in [0.4, 0.5) is 22.1 Å². The molecule has 11 nitrogen and oxygen atoms in total. The van der Waals surface area contributed by atoms with Crippen LogP contribution >= 0.6 is 0 Å². The predicted octanol–water partition coefficient (Wildman–Crippen LogP) is 5.65. The summed E-state index contributed by atoms with van der Waals surface area (Å²) in [6.07, 6.45) is 3.17. The monoisotopic (exact) mass is 537 g/mol. The van der Waals surface area contributed by atoms with Crippen LogP contribution in [0.15, 0.2) is 36.5 Å². The summed E-state index contributed by atoms with van der Waals surface area (Å²) in [6, 6.07) is 8.21. The summed E-state index contributed by atoms with van der Waals surface area (Å²) in [7, 11) is 0. The molecule has 0 bridgehead atoms. The van der Waals surface area contributed by atoms with Crippen molar-refractivity contribution in [3.63, 3.8) is 0 Å². The number of hydrogen-bond donors (Lipinski definition) is 2.